The molecule has 38 heavy (non-hydrogen) atoms. The zero-order valence-corrected chi connectivity index (χ0v) is 21.2. The van der Waals surface area contributed by atoms with Gasteiger partial charge in [0.1, 0.15) is 12.6 Å². The molecule has 1 saturated heterocycles. The molecule has 1 amide bonds. The van der Waals surface area contributed by atoms with Gasteiger partial charge in [-0.05, 0) is 72.9 Å². The van der Waals surface area contributed by atoms with Gasteiger partial charge in [-0.3, -0.25) is 19.9 Å². The second-order valence-electron chi connectivity index (χ2n) is 8.60. The highest BCUT2D eigenvalue weighted by atomic mass is 32.1. The Morgan fingerprint density at radius 2 is 1.82 bits per heavy atom. The maximum atomic E-state index is 11.9. The van der Waals surface area contributed by atoms with Crippen LogP contribution in [-0.2, 0) is 9.53 Å². The molecule has 3 heterocycles. The number of benzene rings is 2. The van der Waals surface area contributed by atoms with E-state index >= 15 is 0 Å². The minimum atomic E-state index is -0.417. The van der Waals surface area contributed by atoms with Crippen molar-refractivity contribution in [3.63, 3.8) is 0 Å². The van der Waals surface area contributed by atoms with Gasteiger partial charge >= 0.3 is 0 Å². The lowest BCUT2D eigenvalue weighted by atomic mass is 10.0. The first-order valence-electron chi connectivity index (χ1n) is 11.8. The third-order valence-electron chi connectivity index (χ3n) is 6.22. The number of thiocarbonyl (C=S) groups is 1. The highest BCUT2D eigenvalue weighted by Crippen LogP contribution is 2.42. The average Bonchev–Trinajstić information content (AvgIpc) is 3.54. The van der Waals surface area contributed by atoms with E-state index < -0.39 is 4.92 Å². The molecule has 0 radical (unpaired) electrons. The minimum absolute atomic E-state index is 0.0248. The monoisotopic (exact) mass is 528 g/mol. The number of amides is 1. The van der Waals surface area contributed by atoms with E-state index in [9.17, 15) is 14.9 Å². The predicted molar refractivity (Wildman–Crippen MR) is 147 cm³/mol. The third-order valence-corrected chi connectivity index (χ3v) is 6.54. The highest BCUT2D eigenvalue weighted by Gasteiger charge is 2.42. The third kappa shape index (κ3) is 4.97. The van der Waals surface area contributed by atoms with Crippen LogP contribution < -0.4 is 15.5 Å². The van der Waals surface area contributed by atoms with Gasteiger partial charge in [0.25, 0.3) is 5.69 Å². The van der Waals surface area contributed by atoms with Gasteiger partial charge in [0.05, 0.1) is 16.7 Å². The molecular formula is C27H24N6O4S. The number of carbonyl (C=O) groups is 1. The van der Waals surface area contributed by atoms with Crippen LogP contribution in [-0.4, -0.2) is 39.2 Å². The lowest BCUT2D eigenvalue weighted by molar-refractivity contribution is -0.384. The van der Waals surface area contributed by atoms with E-state index in [1.165, 1.54) is 19.2 Å². The van der Waals surface area contributed by atoms with E-state index in [4.69, 9.17) is 17.0 Å². The standard InChI is InChI=1S/C27H24N6O4S/c1-37-17-24(34)29-18-7-9-20(10-8-18)32-26(25(30-27(32)38)22-5-2-3-15-28-22)23-6-4-16-31(23)19-11-13-21(14-12-19)33(35)36/h2-16,25-26H,17H2,1H3,(H,29,34)(H,30,38)/t25-,26+/m0/s1. The number of nitrogens with zero attached hydrogens (tertiary/aromatic N) is 4. The molecule has 0 saturated carbocycles. The predicted octanol–water partition coefficient (Wildman–Crippen LogP) is 4.54. The Labute approximate surface area is 224 Å². The number of nitro benzene ring substituents is 1. The SMILES string of the molecule is COCC(=O)Nc1ccc(N2C(=S)N[C@@H](c3ccccn3)[C@H]2c2cccn2-c2ccc([N+](=O)[O-])cc2)cc1. The number of anilines is 2. The van der Waals surface area contributed by atoms with E-state index in [-0.39, 0.29) is 30.3 Å². The van der Waals surface area contributed by atoms with Crippen molar-refractivity contribution in [3.8, 4) is 5.69 Å². The minimum Gasteiger partial charge on any atom is -0.375 e. The number of methoxy groups -OCH3 is 1. The summed E-state index contributed by atoms with van der Waals surface area (Å²) in [5, 5.41) is 17.9. The maximum absolute atomic E-state index is 11.9. The normalized spacial score (nSPS) is 16.8. The molecule has 2 N–H and O–H groups in total. The van der Waals surface area contributed by atoms with Crippen molar-refractivity contribution in [1.29, 1.82) is 0 Å². The summed E-state index contributed by atoms with van der Waals surface area (Å²) < 4.78 is 6.88. The van der Waals surface area contributed by atoms with Crippen molar-refractivity contribution < 1.29 is 14.5 Å². The van der Waals surface area contributed by atoms with Gasteiger partial charge in [0.15, 0.2) is 5.11 Å². The fourth-order valence-corrected chi connectivity index (χ4v) is 4.92. The molecule has 11 heteroatoms. The number of aromatic nitrogens is 2. The topological polar surface area (TPSA) is 115 Å². The molecule has 1 fully saturated rings. The zero-order chi connectivity index (χ0) is 26.6. The van der Waals surface area contributed by atoms with E-state index in [0.29, 0.717) is 10.8 Å². The number of hydrogen-bond donors (Lipinski definition) is 2. The van der Waals surface area contributed by atoms with Gasteiger partial charge in [-0.25, -0.2) is 0 Å². The van der Waals surface area contributed by atoms with Crippen molar-refractivity contribution in [2.75, 3.05) is 23.9 Å². The average molecular weight is 529 g/mol. The van der Waals surface area contributed by atoms with Crippen LogP contribution in [0.15, 0.2) is 91.3 Å². The number of ether oxygens (including phenoxy) is 1. The zero-order valence-electron chi connectivity index (χ0n) is 20.4. The second-order valence-corrected chi connectivity index (χ2v) is 8.99. The Bertz CT molecular complexity index is 1460. The van der Waals surface area contributed by atoms with E-state index in [1.807, 2.05) is 70.3 Å². The Hall–Kier alpha value is -4.61. The number of hydrogen-bond acceptors (Lipinski definition) is 6. The lowest BCUT2D eigenvalue weighted by Crippen LogP contribution is -2.30. The van der Waals surface area contributed by atoms with E-state index in [0.717, 1.165) is 22.8 Å². The molecule has 0 bridgehead atoms. The van der Waals surface area contributed by atoms with Crippen LogP contribution in [0.25, 0.3) is 5.69 Å². The van der Waals surface area contributed by atoms with Crippen molar-refractivity contribution in [2.24, 2.45) is 0 Å². The van der Waals surface area contributed by atoms with Crippen LogP contribution in [0.3, 0.4) is 0 Å². The second kappa shape index (κ2) is 10.8. The molecule has 5 rings (SSSR count). The summed E-state index contributed by atoms with van der Waals surface area (Å²) in [6, 6.07) is 22.9. The maximum Gasteiger partial charge on any atom is 0.269 e. The summed E-state index contributed by atoms with van der Waals surface area (Å²) >= 11 is 5.81. The summed E-state index contributed by atoms with van der Waals surface area (Å²) in [5.41, 5.74) is 4.01. The fourth-order valence-electron chi connectivity index (χ4n) is 4.57. The van der Waals surface area contributed by atoms with Crippen LogP contribution in [0.1, 0.15) is 23.5 Å². The van der Waals surface area contributed by atoms with Crippen molar-refractivity contribution in [3.05, 3.63) is 113 Å². The van der Waals surface area contributed by atoms with Gasteiger partial charge in [0.2, 0.25) is 5.91 Å². The summed E-state index contributed by atoms with van der Waals surface area (Å²) in [5.74, 6) is -0.243. The van der Waals surface area contributed by atoms with E-state index in [1.54, 1.807) is 18.3 Å². The van der Waals surface area contributed by atoms with Gasteiger partial charge in [0, 0.05) is 54.4 Å². The van der Waals surface area contributed by atoms with Crippen LogP contribution in [0, 0.1) is 10.1 Å². The van der Waals surface area contributed by atoms with Crippen LogP contribution >= 0.6 is 12.2 Å². The van der Waals surface area contributed by atoms with Gasteiger partial charge < -0.3 is 24.8 Å². The molecule has 192 valence electrons. The van der Waals surface area contributed by atoms with Crippen LogP contribution in [0.4, 0.5) is 17.1 Å². The Balaban J connectivity index is 1.55. The summed E-state index contributed by atoms with van der Waals surface area (Å²) in [4.78, 5) is 29.3. The molecular weight excluding hydrogens is 504 g/mol. The summed E-state index contributed by atoms with van der Waals surface area (Å²) in [7, 11) is 1.47. The number of pyridine rings is 1. The molecule has 2 atom stereocenters. The molecule has 0 spiro atoms. The summed E-state index contributed by atoms with van der Waals surface area (Å²) in [6.45, 7) is -0.0324. The van der Waals surface area contributed by atoms with Gasteiger partial charge in [-0.1, -0.05) is 6.07 Å². The first-order chi connectivity index (χ1) is 18.5. The highest BCUT2D eigenvalue weighted by molar-refractivity contribution is 7.80. The molecule has 1 aliphatic rings. The van der Waals surface area contributed by atoms with Crippen LogP contribution in [0.5, 0.6) is 0 Å². The van der Waals surface area contributed by atoms with Crippen molar-refractivity contribution in [1.82, 2.24) is 14.9 Å². The number of rotatable bonds is 8. The Morgan fingerprint density at radius 3 is 2.47 bits per heavy atom. The lowest BCUT2D eigenvalue weighted by Gasteiger charge is -2.29. The molecule has 0 aliphatic carbocycles. The van der Waals surface area contributed by atoms with Crippen LogP contribution in [0.2, 0.25) is 0 Å². The fraction of sp³-hybridized carbons (Fsp3) is 0.148. The number of nitro groups is 1. The van der Waals surface area contributed by atoms with E-state index in [2.05, 4.69) is 15.6 Å². The Morgan fingerprint density at radius 1 is 1.08 bits per heavy atom. The first-order valence-corrected chi connectivity index (χ1v) is 12.2. The summed E-state index contributed by atoms with van der Waals surface area (Å²) in [6.07, 6.45) is 3.66. The van der Waals surface area contributed by atoms with Crippen molar-refractivity contribution >= 4 is 40.3 Å². The van der Waals surface area contributed by atoms with Gasteiger partial charge in [-0.2, -0.15) is 0 Å². The number of nitrogens with one attached hydrogen (secondary N) is 2. The molecule has 2 aromatic heterocycles. The molecule has 4 aromatic rings. The number of carbonyl (C=O) groups excluding carboxylic acids is 1. The Kier molecular flexibility index (Phi) is 7.11. The molecule has 2 aromatic carbocycles. The molecule has 0 unspecified atom stereocenters. The first kappa shape index (κ1) is 25.1. The number of non-ortho nitro benzene ring substituents is 1. The molecule has 10 nitrogen and oxygen atoms in total. The largest absolute Gasteiger partial charge is 0.375 e. The quantitative estimate of drug-likeness (QED) is 0.195. The van der Waals surface area contributed by atoms with Gasteiger partial charge in [-0.15, -0.1) is 0 Å². The smallest absolute Gasteiger partial charge is 0.269 e. The molecule has 1 aliphatic heterocycles. The van der Waals surface area contributed by atoms with Crippen molar-refractivity contribution in [2.45, 2.75) is 12.1 Å².